The third kappa shape index (κ3) is 5.45. The molecule has 0 amide bonds. The van der Waals surface area contributed by atoms with Crippen LogP contribution in [0.2, 0.25) is 0 Å². The molecule has 140 valence electrons. The molecule has 0 radical (unpaired) electrons. The Morgan fingerprint density at radius 2 is 1.63 bits per heavy atom. The van der Waals surface area contributed by atoms with Crippen molar-refractivity contribution in [3.63, 3.8) is 0 Å². The fourth-order valence-electron chi connectivity index (χ4n) is 2.80. The third-order valence-corrected chi connectivity index (χ3v) is 4.35. The first-order valence-electron chi connectivity index (χ1n) is 9.24. The maximum Gasteiger partial charge on any atom is 0.229 e. The molecule has 1 heterocycles. The highest BCUT2D eigenvalue weighted by molar-refractivity contribution is 5.55. The lowest BCUT2D eigenvalue weighted by Gasteiger charge is -2.10. The van der Waals surface area contributed by atoms with Crippen molar-refractivity contribution in [3.8, 4) is 5.75 Å². The van der Waals surface area contributed by atoms with E-state index < -0.39 is 0 Å². The Morgan fingerprint density at radius 1 is 0.926 bits per heavy atom. The van der Waals surface area contributed by atoms with E-state index in [0.29, 0.717) is 5.95 Å². The van der Waals surface area contributed by atoms with Crippen molar-refractivity contribution in [2.45, 2.75) is 26.7 Å². The van der Waals surface area contributed by atoms with Crippen LogP contribution in [0.4, 0.5) is 17.5 Å². The van der Waals surface area contributed by atoms with E-state index >= 15 is 0 Å². The molecular weight excluding hydrogens is 336 g/mol. The molecule has 5 nitrogen and oxygen atoms in total. The molecule has 0 spiro atoms. The van der Waals surface area contributed by atoms with Gasteiger partial charge in [0.2, 0.25) is 5.95 Å². The van der Waals surface area contributed by atoms with Crippen molar-refractivity contribution in [1.29, 1.82) is 0 Å². The quantitative estimate of drug-likeness (QED) is 0.605. The summed E-state index contributed by atoms with van der Waals surface area (Å²) in [5, 5.41) is 6.67. The van der Waals surface area contributed by atoms with Gasteiger partial charge in [-0.15, -0.1) is 0 Å². The van der Waals surface area contributed by atoms with Gasteiger partial charge >= 0.3 is 0 Å². The summed E-state index contributed by atoms with van der Waals surface area (Å²) < 4.78 is 5.19. The fourth-order valence-corrected chi connectivity index (χ4v) is 2.80. The molecule has 5 heteroatoms. The molecule has 3 rings (SSSR count). The summed E-state index contributed by atoms with van der Waals surface area (Å²) in [6, 6.07) is 18.4. The van der Waals surface area contributed by atoms with Crippen LogP contribution in [0.3, 0.4) is 0 Å². The Labute approximate surface area is 160 Å². The van der Waals surface area contributed by atoms with Crippen LogP contribution in [0.25, 0.3) is 0 Å². The van der Waals surface area contributed by atoms with Crippen LogP contribution in [-0.2, 0) is 12.8 Å². The lowest BCUT2D eigenvalue weighted by Crippen LogP contribution is -2.08. The van der Waals surface area contributed by atoms with Crippen molar-refractivity contribution in [2.75, 3.05) is 24.3 Å². The second-order valence-corrected chi connectivity index (χ2v) is 6.42. The zero-order valence-corrected chi connectivity index (χ0v) is 16.1. The highest BCUT2D eigenvalue weighted by Gasteiger charge is 2.03. The number of aryl methyl sites for hydroxylation is 2. The predicted octanol–water partition coefficient (Wildman–Crippen LogP) is 4.75. The van der Waals surface area contributed by atoms with E-state index in [0.717, 1.165) is 42.3 Å². The van der Waals surface area contributed by atoms with Crippen LogP contribution < -0.4 is 15.4 Å². The maximum atomic E-state index is 5.19. The predicted molar refractivity (Wildman–Crippen MR) is 111 cm³/mol. The summed E-state index contributed by atoms with van der Waals surface area (Å²) in [6.45, 7) is 4.92. The van der Waals surface area contributed by atoms with E-state index in [9.17, 15) is 0 Å². The molecule has 0 fully saturated rings. The molecular formula is C22H26N4O. The van der Waals surface area contributed by atoms with Crippen LogP contribution in [0.5, 0.6) is 5.75 Å². The van der Waals surface area contributed by atoms with Crippen LogP contribution in [0, 0.1) is 6.92 Å². The number of rotatable bonds is 8. The summed E-state index contributed by atoms with van der Waals surface area (Å²) in [7, 11) is 1.68. The fraction of sp³-hybridized carbons (Fsp3) is 0.273. The Kier molecular flexibility index (Phi) is 6.26. The molecule has 0 saturated heterocycles. The minimum absolute atomic E-state index is 0.603. The van der Waals surface area contributed by atoms with E-state index in [4.69, 9.17) is 4.74 Å². The van der Waals surface area contributed by atoms with Gasteiger partial charge in [0.05, 0.1) is 7.11 Å². The average Bonchev–Trinajstić information content (AvgIpc) is 2.69. The minimum Gasteiger partial charge on any atom is -0.497 e. The molecule has 27 heavy (non-hydrogen) atoms. The molecule has 0 saturated carbocycles. The molecule has 2 aromatic carbocycles. The molecule has 3 aromatic rings. The van der Waals surface area contributed by atoms with Gasteiger partial charge in [0.15, 0.2) is 0 Å². The Bertz CT molecular complexity index is 860. The van der Waals surface area contributed by atoms with Crippen LogP contribution >= 0.6 is 0 Å². The Balaban J connectivity index is 1.60. The number of aromatic nitrogens is 2. The van der Waals surface area contributed by atoms with Crippen molar-refractivity contribution in [2.24, 2.45) is 0 Å². The molecule has 0 unspecified atom stereocenters. The van der Waals surface area contributed by atoms with Crippen molar-refractivity contribution in [3.05, 3.63) is 71.4 Å². The van der Waals surface area contributed by atoms with Gasteiger partial charge in [0.1, 0.15) is 11.6 Å². The summed E-state index contributed by atoms with van der Waals surface area (Å²) in [6.07, 6.45) is 1.94. The van der Waals surface area contributed by atoms with Gasteiger partial charge in [-0.2, -0.15) is 4.98 Å². The molecule has 0 atom stereocenters. The van der Waals surface area contributed by atoms with Gasteiger partial charge in [0.25, 0.3) is 0 Å². The first-order chi connectivity index (χ1) is 13.2. The van der Waals surface area contributed by atoms with Crippen molar-refractivity contribution in [1.82, 2.24) is 9.97 Å². The number of benzene rings is 2. The summed E-state index contributed by atoms with van der Waals surface area (Å²) in [4.78, 5) is 9.06. The van der Waals surface area contributed by atoms with Gasteiger partial charge in [-0.1, -0.05) is 31.2 Å². The molecule has 0 aliphatic rings. The first-order valence-corrected chi connectivity index (χ1v) is 9.24. The highest BCUT2D eigenvalue weighted by Crippen LogP contribution is 2.17. The molecule has 0 aliphatic heterocycles. The maximum absolute atomic E-state index is 5.19. The van der Waals surface area contributed by atoms with Crippen LogP contribution in [-0.4, -0.2) is 23.6 Å². The van der Waals surface area contributed by atoms with Gasteiger partial charge in [-0.3, -0.25) is 0 Å². The molecule has 0 aliphatic carbocycles. The smallest absolute Gasteiger partial charge is 0.229 e. The van der Waals surface area contributed by atoms with E-state index in [1.165, 1.54) is 11.1 Å². The average molecular weight is 362 g/mol. The van der Waals surface area contributed by atoms with E-state index in [1.54, 1.807) is 7.11 Å². The third-order valence-electron chi connectivity index (χ3n) is 4.35. The van der Waals surface area contributed by atoms with E-state index in [2.05, 4.69) is 63.9 Å². The van der Waals surface area contributed by atoms with Crippen LogP contribution in [0.1, 0.15) is 23.7 Å². The van der Waals surface area contributed by atoms with Crippen molar-refractivity contribution >= 4 is 17.5 Å². The van der Waals surface area contributed by atoms with E-state index in [-0.39, 0.29) is 0 Å². The number of methoxy groups -OCH3 is 1. The van der Waals surface area contributed by atoms with Gasteiger partial charge in [0, 0.05) is 24.0 Å². The van der Waals surface area contributed by atoms with Gasteiger partial charge in [-0.05, 0) is 55.2 Å². The number of nitrogens with one attached hydrogen (secondary N) is 2. The largest absolute Gasteiger partial charge is 0.497 e. The molecule has 0 bridgehead atoms. The second kappa shape index (κ2) is 9.03. The zero-order valence-electron chi connectivity index (χ0n) is 16.1. The lowest BCUT2D eigenvalue weighted by molar-refractivity contribution is 0.414. The number of anilines is 3. The number of ether oxygens (including phenoxy) is 1. The Morgan fingerprint density at radius 3 is 2.30 bits per heavy atom. The molecule has 2 N–H and O–H groups in total. The highest BCUT2D eigenvalue weighted by atomic mass is 16.5. The number of hydrogen-bond acceptors (Lipinski definition) is 5. The minimum atomic E-state index is 0.603. The van der Waals surface area contributed by atoms with E-state index in [1.807, 2.05) is 25.1 Å². The van der Waals surface area contributed by atoms with Crippen LogP contribution in [0.15, 0.2) is 54.6 Å². The lowest BCUT2D eigenvalue weighted by atomic mass is 10.1. The summed E-state index contributed by atoms with van der Waals surface area (Å²) in [5.74, 6) is 2.30. The van der Waals surface area contributed by atoms with Crippen molar-refractivity contribution < 1.29 is 4.74 Å². The first kappa shape index (κ1) is 18.7. The summed E-state index contributed by atoms with van der Waals surface area (Å²) in [5.41, 5.74) is 4.47. The number of hydrogen-bond donors (Lipinski definition) is 2. The summed E-state index contributed by atoms with van der Waals surface area (Å²) >= 11 is 0. The normalized spacial score (nSPS) is 10.5. The monoisotopic (exact) mass is 362 g/mol. The van der Waals surface area contributed by atoms with Gasteiger partial charge < -0.3 is 15.4 Å². The molecule has 1 aromatic heterocycles. The van der Waals surface area contributed by atoms with Gasteiger partial charge in [-0.25, -0.2) is 4.98 Å². The second-order valence-electron chi connectivity index (χ2n) is 6.42. The SMILES string of the molecule is CCc1ccc(Nc2nc(C)cc(NCCc3ccc(OC)cc3)n2)cc1. The topological polar surface area (TPSA) is 59.1 Å². The Hall–Kier alpha value is -3.08. The standard InChI is InChI=1S/C22H26N4O/c1-4-17-5-9-19(10-6-17)25-22-24-16(2)15-21(26-22)23-14-13-18-7-11-20(27-3)12-8-18/h5-12,15H,4,13-14H2,1-3H3,(H2,23,24,25,26). The number of nitrogens with zero attached hydrogens (tertiary/aromatic N) is 2. The zero-order chi connectivity index (χ0) is 19.1.